The number of sulfonamides is 1. The van der Waals surface area contributed by atoms with Crippen LogP contribution >= 0.6 is 0 Å². The number of hydrogen-bond donors (Lipinski definition) is 1. The zero-order valence-electron chi connectivity index (χ0n) is 13.9. The molecular weight excluding hydrogens is 326 g/mol. The van der Waals surface area contributed by atoms with Crippen LogP contribution in [0.1, 0.15) is 40.9 Å². The van der Waals surface area contributed by atoms with Gasteiger partial charge < -0.3 is 4.74 Å². The molecule has 0 aliphatic rings. The molecule has 0 aliphatic heterocycles. The molecule has 1 atom stereocenters. The summed E-state index contributed by atoms with van der Waals surface area (Å²) in [6, 6.07) is 13.1. The SMILES string of the molecule is CC[C@@H](NS(=O)(=O)c1cccc(C(=O)OC)c1)c1ccccc1C. The molecule has 0 aromatic heterocycles. The standard InChI is InChI=1S/C18H21NO4S/c1-4-17(16-11-6-5-8-13(16)2)19-24(21,22)15-10-7-9-14(12-15)18(20)23-3/h5-12,17,19H,4H2,1-3H3/t17-/m1/s1. The minimum atomic E-state index is -3.76. The first-order chi connectivity index (χ1) is 11.4. The molecule has 1 N–H and O–H groups in total. The van der Waals surface area contributed by atoms with Crippen LogP contribution in [0.3, 0.4) is 0 Å². The third kappa shape index (κ3) is 4.01. The van der Waals surface area contributed by atoms with Crippen molar-refractivity contribution >= 4 is 16.0 Å². The second-order valence-corrected chi connectivity index (χ2v) is 7.17. The van der Waals surface area contributed by atoms with E-state index in [1.54, 1.807) is 0 Å². The number of hydrogen-bond acceptors (Lipinski definition) is 4. The molecule has 2 aromatic rings. The zero-order chi connectivity index (χ0) is 17.7. The molecule has 0 unspecified atom stereocenters. The number of ether oxygens (including phenoxy) is 1. The van der Waals surface area contributed by atoms with E-state index in [1.807, 2.05) is 38.1 Å². The highest BCUT2D eigenvalue weighted by Crippen LogP contribution is 2.23. The lowest BCUT2D eigenvalue weighted by atomic mass is 10.0. The molecule has 0 saturated carbocycles. The monoisotopic (exact) mass is 347 g/mol. The molecule has 2 rings (SSSR count). The first kappa shape index (κ1) is 18.2. The van der Waals surface area contributed by atoms with E-state index in [4.69, 9.17) is 0 Å². The van der Waals surface area contributed by atoms with Gasteiger partial charge in [-0.2, -0.15) is 0 Å². The highest BCUT2D eigenvalue weighted by Gasteiger charge is 2.22. The summed E-state index contributed by atoms with van der Waals surface area (Å²) in [7, 11) is -2.50. The third-order valence-electron chi connectivity index (χ3n) is 3.83. The van der Waals surface area contributed by atoms with Gasteiger partial charge in [0.05, 0.1) is 17.6 Å². The Morgan fingerprint density at radius 1 is 1.17 bits per heavy atom. The van der Waals surface area contributed by atoms with Gasteiger partial charge in [0.15, 0.2) is 0 Å². The summed E-state index contributed by atoms with van der Waals surface area (Å²) in [5.41, 5.74) is 2.16. The van der Waals surface area contributed by atoms with Crippen molar-refractivity contribution in [3.8, 4) is 0 Å². The Kier molecular flexibility index (Phi) is 5.75. The molecule has 0 aliphatic carbocycles. The van der Waals surface area contributed by atoms with Gasteiger partial charge in [-0.1, -0.05) is 37.3 Å². The summed E-state index contributed by atoms with van der Waals surface area (Å²) in [5, 5.41) is 0. The van der Waals surface area contributed by atoms with Crippen molar-refractivity contribution in [2.24, 2.45) is 0 Å². The fourth-order valence-corrected chi connectivity index (χ4v) is 3.85. The second kappa shape index (κ2) is 7.59. The second-order valence-electron chi connectivity index (χ2n) is 5.46. The van der Waals surface area contributed by atoms with Gasteiger partial charge in [-0.25, -0.2) is 17.9 Å². The average Bonchev–Trinajstić information content (AvgIpc) is 2.59. The van der Waals surface area contributed by atoms with Crippen molar-refractivity contribution in [1.82, 2.24) is 4.72 Å². The number of esters is 1. The van der Waals surface area contributed by atoms with E-state index in [2.05, 4.69) is 9.46 Å². The summed E-state index contributed by atoms with van der Waals surface area (Å²) in [5.74, 6) is -0.571. The van der Waals surface area contributed by atoms with Crippen LogP contribution in [0.25, 0.3) is 0 Å². The minimum absolute atomic E-state index is 0.0393. The van der Waals surface area contributed by atoms with Crippen LogP contribution in [0.5, 0.6) is 0 Å². The summed E-state index contributed by atoms with van der Waals surface area (Å²) in [4.78, 5) is 11.6. The Labute approximate surface area is 142 Å². The first-order valence-electron chi connectivity index (χ1n) is 7.65. The van der Waals surface area contributed by atoms with Crippen molar-refractivity contribution in [3.63, 3.8) is 0 Å². The molecule has 0 radical (unpaired) electrons. The van der Waals surface area contributed by atoms with Crippen LogP contribution in [0.15, 0.2) is 53.4 Å². The van der Waals surface area contributed by atoms with Crippen LogP contribution in [0.4, 0.5) is 0 Å². The fraction of sp³-hybridized carbons (Fsp3) is 0.278. The average molecular weight is 347 g/mol. The topological polar surface area (TPSA) is 72.5 Å². The Bertz CT molecular complexity index is 830. The summed E-state index contributed by atoms with van der Waals surface area (Å²) in [6.45, 7) is 3.87. The van der Waals surface area contributed by atoms with E-state index >= 15 is 0 Å². The van der Waals surface area contributed by atoms with E-state index in [0.717, 1.165) is 11.1 Å². The van der Waals surface area contributed by atoms with Gasteiger partial charge in [0.25, 0.3) is 0 Å². The van der Waals surface area contributed by atoms with Gasteiger partial charge in [0.2, 0.25) is 10.0 Å². The van der Waals surface area contributed by atoms with Crippen molar-refractivity contribution in [3.05, 3.63) is 65.2 Å². The predicted octanol–water partition coefficient (Wildman–Crippen LogP) is 3.21. The first-order valence-corrected chi connectivity index (χ1v) is 9.13. The number of rotatable bonds is 6. The molecule has 0 amide bonds. The highest BCUT2D eigenvalue weighted by molar-refractivity contribution is 7.89. The van der Waals surface area contributed by atoms with Gasteiger partial charge >= 0.3 is 5.97 Å². The predicted molar refractivity (Wildman–Crippen MR) is 92.3 cm³/mol. The van der Waals surface area contributed by atoms with Gasteiger partial charge in [-0.3, -0.25) is 0 Å². The summed E-state index contributed by atoms with van der Waals surface area (Å²) < 4.78 is 32.7. The van der Waals surface area contributed by atoms with Crippen LogP contribution in [0.2, 0.25) is 0 Å². The molecule has 0 spiro atoms. The van der Waals surface area contributed by atoms with Gasteiger partial charge in [-0.05, 0) is 42.7 Å². The van der Waals surface area contributed by atoms with E-state index in [1.165, 1.54) is 31.4 Å². The Morgan fingerprint density at radius 3 is 2.50 bits per heavy atom. The van der Waals surface area contributed by atoms with E-state index < -0.39 is 16.0 Å². The van der Waals surface area contributed by atoms with Crippen molar-refractivity contribution in [2.45, 2.75) is 31.2 Å². The van der Waals surface area contributed by atoms with Crippen LogP contribution < -0.4 is 4.72 Å². The number of methoxy groups -OCH3 is 1. The molecule has 5 nitrogen and oxygen atoms in total. The Hall–Kier alpha value is -2.18. The highest BCUT2D eigenvalue weighted by atomic mass is 32.2. The largest absolute Gasteiger partial charge is 0.465 e. The Balaban J connectivity index is 2.33. The molecule has 0 bridgehead atoms. The molecular formula is C18H21NO4S. The number of carbonyl (C=O) groups excluding carboxylic acids is 1. The number of aryl methyl sites for hydroxylation is 1. The molecule has 0 fully saturated rings. The lowest BCUT2D eigenvalue weighted by Crippen LogP contribution is -2.29. The molecule has 128 valence electrons. The number of nitrogens with one attached hydrogen (secondary N) is 1. The maximum atomic E-state index is 12.7. The van der Waals surface area contributed by atoms with Gasteiger partial charge in [0, 0.05) is 6.04 Å². The van der Waals surface area contributed by atoms with Crippen LogP contribution in [0, 0.1) is 6.92 Å². The molecule has 0 heterocycles. The van der Waals surface area contributed by atoms with Crippen LogP contribution in [-0.4, -0.2) is 21.5 Å². The Morgan fingerprint density at radius 2 is 1.88 bits per heavy atom. The lowest BCUT2D eigenvalue weighted by molar-refractivity contribution is 0.0600. The van der Waals surface area contributed by atoms with Gasteiger partial charge in [-0.15, -0.1) is 0 Å². The van der Waals surface area contributed by atoms with Crippen LogP contribution in [-0.2, 0) is 14.8 Å². The van der Waals surface area contributed by atoms with Gasteiger partial charge in [0.1, 0.15) is 0 Å². The van der Waals surface area contributed by atoms with Crippen molar-refractivity contribution in [1.29, 1.82) is 0 Å². The lowest BCUT2D eigenvalue weighted by Gasteiger charge is -2.19. The summed E-state index contributed by atoms with van der Waals surface area (Å²) in [6.07, 6.45) is 0.612. The fourth-order valence-electron chi connectivity index (χ4n) is 2.51. The molecule has 24 heavy (non-hydrogen) atoms. The minimum Gasteiger partial charge on any atom is -0.465 e. The van der Waals surface area contributed by atoms with Crippen molar-refractivity contribution in [2.75, 3.05) is 7.11 Å². The quantitative estimate of drug-likeness (QED) is 0.815. The third-order valence-corrected chi connectivity index (χ3v) is 5.30. The zero-order valence-corrected chi connectivity index (χ0v) is 14.8. The van der Waals surface area contributed by atoms with E-state index in [0.29, 0.717) is 6.42 Å². The summed E-state index contributed by atoms with van der Waals surface area (Å²) >= 11 is 0. The maximum Gasteiger partial charge on any atom is 0.337 e. The number of carbonyl (C=O) groups is 1. The number of benzene rings is 2. The van der Waals surface area contributed by atoms with E-state index in [-0.39, 0.29) is 16.5 Å². The maximum absolute atomic E-state index is 12.7. The molecule has 6 heteroatoms. The molecule has 2 aromatic carbocycles. The normalized spacial score (nSPS) is 12.6. The molecule has 0 saturated heterocycles. The van der Waals surface area contributed by atoms with Crippen molar-refractivity contribution < 1.29 is 17.9 Å². The smallest absolute Gasteiger partial charge is 0.337 e. The van der Waals surface area contributed by atoms with E-state index in [9.17, 15) is 13.2 Å².